The minimum absolute atomic E-state index is 0.122. The molecular weight excluding hydrogens is 390 g/mol. The molecule has 1 saturated carbocycles. The SMILES string of the molecule is Cc1ccc2c(c1)CC[C@H]2N1C(=O)[C@H]2C[C@@H]1CN2C[C@H](N)C(=O)N1[C@H](C#N)CC2C[C@@H]21. The fourth-order valence-electron chi connectivity index (χ4n) is 6.72. The van der Waals surface area contributed by atoms with Crippen molar-refractivity contribution in [2.75, 3.05) is 13.1 Å². The first kappa shape index (κ1) is 19.3. The molecule has 7 heteroatoms. The van der Waals surface area contributed by atoms with Crippen LogP contribution in [0.1, 0.15) is 48.4 Å². The molecule has 3 aliphatic heterocycles. The lowest BCUT2D eigenvalue weighted by molar-refractivity contribution is -0.141. The number of piperidine rings is 1. The third kappa shape index (κ3) is 2.85. The van der Waals surface area contributed by atoms with Crippen LogP contribution in [-0.4, -0.2) is 69.8 Å². The lowest BCUT2D eigenvalue weighted by Crippen LogP contribution is -2.57. The summed E-state index contributed by atoms with van der Waals surface area (Å²) < 4.78 is 0. The number of benzene rings is 1. The summed E-state index contributed by atoms with van der Waals surface area (Å²) in [5.74, 6) is 0.549. The fraction of sp³-hybridized carbons (Fsp3) is 0.625. The van der Waals surface area contributed by atoms with Crippen molar-refractivity contribution in [3.63, 3.8) is 0 Å². The Morgan fingerprint density at radius 3 is 2.90 bits per heavy atom. The number of fused-ring (bicyclic) bond motifs is 4. The van der Waals surface area contributed by atoms with Crippen molar-refractivity contribution in [2.45, 2.75) is 75.3 Å². The van der Waals surface area contributed by atoms with Crippen molar-refractivity contribution >= 4 is 11.8 Å². The van der Waals surface area contributed by atoms with Crippen LogP contribution in [0, 0.1) is 24.2 Å². The number of carbonyl (C=O) groups is 2. The van der Waals surface area contributed by atoms with E-state index in [9.17, 15) is 14.9 Å². The largest absolute Gasteiger partial charge is 0.330 e. The van der Waals surface area contributed by atoms with Crippen LogP contribution in [0.2, 0.25) is 0 Å². The highest BCUT2D eigenvalue weighted by molar-refractivity contribution is 5.87. The van der Waals surface area contributed by atoms with Crippen LogP contribution in [-0.2, 0) is 16.0 Å². The van der Waals surface area contributed by atoms with Gasteiger partial charge >= 0.3 is 0 Å². The Balaban J connectivity index is 1.13. The molecule has 4 fully saturated rings. The zero-order valence-electron chi connectivity index (χ0n) is 17.9. The van der Waals surface area contributed by atoms with E-state index in [2.05, 4.69) is 41.0 Å². The van der Waals surface area contributed by atoms with E-state index in [1.165, 1.54) is 16.7 Å². The van der Waals surface area contributed by atoms with Crippen molar-refractivity contribution < 1.29 is 9.59 Å². The van der Waals surface area contributed by atoms with E-state index in [1.807, 2.05) is 0 Å². The number of rotatable bonds is 4. The molecule has 7 nitrogen and oxygen atoms in total. The van der Waals surface area contributed by atoms with E-state index in [0.29, 0.717) is 12.5 Å². The van der Waals surface area contributed by atoms with Gasteiger partial charge in [-0.05, 0) is 56.1 Å². The highest BCUT2D eigenvalue weighted by Gasteiger charge is 2.56. The number of aryl methyl sites for hydroxylation is 2. The summed E-state index contributed by atoms with van der Waals surface area (Å²) in [5.41, 5.74) is 10.3. The standard InChI is InChI=1S/C24H29N5O2/c1-13-2-4-18-14(6-13)3-5-20(18)29-17-9-22(24(29)31)27(11-17)12-19(26)23(30)28-16(10-25)7-15-8-21(15)28/h2,4,6,15-17,19-22H,3,5,7-9,11-12,26H2,1H3/t15?,16-,17+,19-,20+,21-,22+/m0/s1. The Bertz CT molecular complexity index is 1000. The van der Waals surface area contributed by atoms with E-state index in [1.54, 1.807) is 4.90 Å². The molecule has 6 rings (SSSR count). The lowest BCUT2D eigenvalue weighted by Gasteiger charge is -2.38. The summed E-state index contributed by atoms with van der Waals surface area (Å²) in [6.45, 7) is 3.29. The molecule has 5 aliphatic rings. The van der Waals surface area contributed by atoms with Crippen LogP contribution >= 0.6 is 0 Å². The Morgan fingerprint density at radius 2 is 2.13 bits per heavy atom. The number of nitrogens with two attached hydrogens (primary N) is 1. The first-order valence-electron chi connectivity index (χ1n) is 11.6. The summed E-state index contributed by atoms with van der Waals surface area (Å²) in [6, 6.07) is 8.27. The second-order valence-corrected chi connectivity index (χ2v) is 10.2. The van der Waals surface area contributed by atoms with Crippen LogP contribution < -0.4 is 5.73 Å². The lowest BCUT2D eigenvalue weighted by atomic mass is 10.0. The monoisotopic (exact) mass is 419 g/mol. The maximum atomic E-state index is 13.3. The van der Waals surface area contributed by atoms with E-state index >= 15 is 0 Å². The average Bonchev–Trinajstić information content (AvgIpc) is 3.08. The number of piperazine rings is 1. The van der Waals surface area contributed by atoms with Crippen LogP contribution in [0.3, 0.4) is 0 Å². The third-order valence-electron chi connectivity index (χ3n) is 8.25. The average molecular weight is 420 g/mol. The molecule has 1 aromatic carbocycles. The zero-order chi connectivity index (χ0) is 21.4. The Morgan fingerprint density at radius 1 is 1.29 bits per heavy atom. The molecule has 2 bridgehead atoms. The molecule has 3 heterocycles. The molecule has 2 N–H and O–H groups in total. The van der Waals surface area contributed by atoms with Crippen LogP contribution in [0.4, 0.5) is 0 Å². The molecule has 0 radical (unpaired) electrons. The minimum Gasteiger partial charge on any atom is -0.330 e. The molecule has 0 aromatic heterocycles. The summed E-state index contributed by atoms with van der Waals surface area (Å²) in [4.78, 5) is 32.3. The molecule has 2 amide bonds. The second-order valence-electron chi connectivity index (χ2n) is 10.2. The number of hydrogen-bond donors (Lipinski definition) is 1. The highest BCUT2D eigenvalue weighted by Crippen LogP contribution is 2.48. The van der Waals surface area contributed by atoms with Crippen LogP contribution in [0.25, 0.3) is 0 Å². The van der Waals surface area contributed by atoms with Gasteiger partial charge in [0.1, 0.15) is 6.04 Å². The Labute approximate surface area is 182 Å². The number of amides is 2. The third-order valence-corrected chi connectivity index (χ3v) is 8.25. The van der Waals surface area contributed by atoms with Gasteiger partial charge in [0.05, 0.1) is 24.2 Å². The number of carbonyl (C=O) groups excluding carboxylic acids is 2. The molecule has 2 aliphatic carbocycles. The van der Waals surface area contributed by atoms with Gasteiger partial charge in [0.15, 0.2) is 0 Å². The van der Waals surface area contributed by atoms with Gasteiger partial charge in [-0.25, -0.2) is 0 Å². The number of nitriles is 1. The smallest absolute Gasteiger partial charge is 0.242 e. The molecule has 3 saturated heterocycles. The van der Waals surface area contributed by atoms with Gasteiger partial charge in [0.2, 0.25) is 11.8 Å². The quantitative estimate of drug-likeness (QED) is 0.789. The van der Waals surface area contributed by atoms with Gasteiger partial charge in [-0.3, -0.25) is 14.5 Å². The summed E-state index contributed by atoms with van der Waals surface area (Å²) in [7, 11) is 0. The van der Waals surface area contributed by atoms with Gasteiger partial charge in [0.25, 0.3) is 0 Å². The Hall–Kier alpha value is -2.43. The summed E-state index contributed by atoms with van der Waals surface area (Å²) in [5, 5.41) is 9.38. The first-order chi connectivity index (χ1) is 15.0. The maximum Gasteiger partial charge on any atom is 0.242 e. The van der Waals surface area contributed by atoms with Gasteiger partial charge in [-0.1, -0.05) is 23.8 Å². The number of hydrogen-bond acceptors (Lipinski definition) is 5. The molecular formula is C24H29N5O2. The molecule has 7 atom stereocenters. The molecule has 162 valence electrons. The molecule has 31 heavy (non-hydrogen) atoms. The van der Waals surface area contributed by atoms with Crippen LogP contribution in [0.15, 0.2) is 18.2 Å². The van der Waals surface area contributed by atoms with Crippen LogP contribution in [0.5, 0.6) is 0 Å². The normalized spacial score (nSPS) is 36.5. The topological polar surface area (TPSA) is 93.7 Å². The van der Waals surface area contributed by atoms with Crippen molar-refractivity contribution in [3.8, 4) is 6.07 Å². The predicted molar refractivity (Wildman–Crippen MR) is 114 cm³/mol. The fourth-order valence-corrected chi connectivity index (χ4v) is 6.72. The first-order valence-corrected chi connectivity index (χ1v) is 11.6. The summed E-state index contributed by atoms with van der Waals surface area (Å²) in [6.07, 6.45) is 4.64. The second kappa shape index (κ2) is 6.78. The van der Waals surface area contributed by atoms with Crippen molar-refractivity contribution in [3.05, 3.63) is 34.9 Å². The van der Waals surface area contributed by atoms with Crippen molar-refractivity contribution in [1.29, 1.82) is 5.26 Å². The van der Waals surface area contributed by atoms with E-state index in [-0.39, 0.29) is 42.0 Å². The minimum atomic E-state index is -0.675. The zero-order valence-corrected chi connectivity index (χ0v) is 17.9. The predicted octanol–water partition coefficient (Wildman–Crippen LogP) is 1.11. The number of likely N-dealkylation sites (tertiary alicyclic amines) is 3. The van der Waals surface area contributed by atoms with E-state index in [0.717, 1.165) is 38.6 Å². The highest BCUT2D eigenvalue weighted by atomic mass is 16.2. The van der Waals surface area contributed by atoms with Gasteiger partial charge in [-0.15, -0.1) is 0 Å². The molecule has 1 unspecified atom stereocenters. The maximum absolute atomic E-state index is 13.3. The van der Waals surface area contributed by atoms with E-state index in [4.69, 9.17) is 5.73 Å². The Kier molecular flexibility index (Phi) is 4.22. The van der Waals surface area contributed by atoms with Gasteiger partial charge < -0.3 is 15.5 Å². The van der Waals surface area contributed by atoms with Crippen molar-refractivity contribution in [1.82, 2.24) is 14.7 Å². The number of nitrogens with zero attached hydrogens (tertiary/aromatic N) is 4. The van der Waals surface area contributed by atoms with Gasteiger partial charge in [0, 0.05) is 25.2 Å². The molecule has 0 spiro atoms. The summed E-state index contributed by atoms with van der Waals surface area (Å²) >= 11 is 0. The van der Waals surface area contributed by atoms with Gasteiger partial charge in [-0.2, -0.15) is 5.26 Å². The van der Waals surface area contributed by atoms with Crippen molar-refractivity contribution in [2.24, 2.45) is 11.7 Å². The van der Waals surface area contributed by atoms with E-state index < -0.39 is 6.04 Å². The molecule has 1 aromatic rings.